The van der Waals surface area contributed by atoms with Gasteiger partial charge in [0, 0.05) is 32.8 Å². The van der Waals surface area contributed by atoms with Crippen molar-refractivity contribution in [1.82, 2.24) is 4.90 Å². The van der Waals surface area contributed by atoms with Crippen LogP contribution in [0.25, 0.3) is 0 Å². The van der Waals surface area contributed by atoms with E-state index in [1.807, 2.05) is 0 Å². The number of rotatable bonds is 4. The van der Waals surface area contributed by atoms with Crippen LogP contribution in [-0.4, -0.2) is 36.1 Å². The van der Waals surface area contributed by atoms with Crippen molar-refractivity contribution < 1.29 is 14.1 Å². The lowest BCUT2D eigenvalue weighted by Crippen LogP contribution is -2.36. The first-order valence-corrected chi connectivity index (χ1v) is 6.28. The standard InChI is InChI=1S/C13H17FN2O3/c1-19-11-4-6-15(7-5-11)9-10-2-3-13(16(17)18)12(14)8-10/h2-3,8,11H,4-7,9H2,1H3. The van der Waals surface area contributed by atoms with Gasteiger partial charge in [-0.25, -0.2) is 0 Å². The van der Waals surface area contributed by atoms with Crippen LogP contribution in [0.2, 0.25) is 0 Å². The Morgan fingerprint density at radius 1 is 1.47 bits per heavy atom. The van der Waals surface area contributed by atoms with Crippen molar-refractivity contribution in [2.24, 2.45) is 0 Å². The summed E-state index contributed by atoms with van der Waals surface area (Å²) in [7, 11) is 1.71. The molecule has 1 heterocycles. The molecular weight excluding hydrogens is 251 g/mol. The van der Waals surface area contributed by atoms with Crippen LogP contribution in [0.3, 0.4) is 0 Å². The molecule has 1 aromatic rings. The largest absolute Gasteiger partial charge is 0.381 e. The summed E-state index contributed by atoms with van der Waals surface area (Å²) in [6, 6.07) is 4.09. The number of methoxy groups -OCH3 is 1. The maximum atomic E-state index is 13.5. The molecular formula is C13H17FN2O3. The predicted octanol–water partition coefficient (Wildman–Crippen LogP) is 2.34. The van der Waals surface area contributed by atoms with Gasteiger partial charge < -0.3 is 4.74 Å². The highest BCUT2D eigenvalue weighted by molar-refractivity contribution is 5.34. The van der Waals surface area contributed by atoms with E-state index < -0.39 is 16.4 Å². The summed E-state index contributed by atoms with van der Waals surface area (Å²) in [6.07, 6.45) is 2.24. The van der Waals surface area contributed by atoms with E-state index in [4.69, 9.17) is 4.74 Å². The van der Waals surface area contributed by atoms with Gasteiger partial charge in [-0.15, -0.1) is 0 Å². The monoisotopic (exact) mass is 268 g/mol. The van der Waals surface area contributed by atoms with Crippen molar-refractivity contribution in [3.05, 3.63) is 39.7 Å². The van der Waals surface area contributed by atoms with E-state index >= 15 is 0 Å². The molecule has 1 aliphatic heterocycles. The van der Waals surface area contributed by atoms with Crippen molar-refractivity contribution in [1.29, 1.82) is 0 Å². The fraction of sp³-hybridized carbons (Fsp3) is 0.538. The first-order chi connectivity index (χ1) is 9.10. The van der Waals surface area contributed by atoms with Gasteiger partial charge in [0.1, 0.15) is 0 Å². The summed E-state index contributed by atoms with van der Waals surface area (Å²) in [4.78, 5) is 12.0. The SMILES string of the molecule is COC1CCN(Cc2ccc([N+](=O)[O-])c(F)c2)CC1. The lowest BCUT2D eigenvalue weighted by molar-refractivity contribution is -0.387. The molecule has 0 aliphatic carbocycles. The van der Waals surface area contributed by atoms with Crippen molar-refractivity contribution >= 4 is 5.69 Å². The number of ether oxygens (including phenoxy) is 1. The highest BCUT2D eigenvalue weighted by Gasteiger charge is 2.20. The number of nitro groups is 1. The number of hydrogen-bond acceptors (Lipinski definition) is 4. The van der Waals surface area contributed by atoms with Crippen molar-refractivity contribution in [2.45, 2.75) is 25.5 Å². The zero-order valence-corrected chi connectivity index (χ0v) is 10.8. The zero-order chi connectivity index (χ0) is 13.8. The fourth-order valence-corrected chi connectivity index (χ4v) is 2.36. The fourth-order valence-electron chi connectivity index (χ4n) is 2.36. The lowest BCUT2D eigenvalue weighted by atomic mass is 10.1. The number of hydrogen-bond donors (Lipinski definition) is 0. The molecule has 0 aromatic heterocycles. The van der Waals surface area contributed by atoms with Crippen LogP contribution < -0.4 is 0 Å². The summed E-state index contributed by atoms with van der Waals surface area (Å²) >= 11 is 0. The number of halogens is 1. The number of benzene rings is 1. The number of piperidine rings is 1. The highest BCUT2D eigenvalue weighted by atomic mass is 19.1. The molecule has 0 atom stereocenters. The first kappa shape index (κ1) is 13.9. The van der Waals surface area contributed by atoms with E-state index in [0.717, 1.165) is 31.5 Å². The Labute approximate surface area is 111 Å². The zero-order valence-electron chi connectivity index (χ0n) is 10.8. The Morgan fingerprint density at radius 3 is 2.68 bits per heavy atom. The van der Waals surface area contributed by atoms with Gasteiger partial charge in [0.05, 0.1) is 11.0 Å². The van der Waals surface area contributed by atoms with Crippen LogP contribution in [0.4, 0.5) is 10.1 Å². The highest BCUT2D eigenvalue weighted by Crippen LogP contribution is 2.20. The Hall–Kier alpha value is -1.53. The number of likely N-dealkylation sites (tertiary alicyclic amines) is 1. The summed E-state index contributed by atoms with van der Waals surface area (Å²) in [5, 5.41) is 10.5. The van der Waals surface area contributed by atoms with Gasteiger partial charge >= 0.3 is 5.69 Å². The van der Waals surface area contributed by atoms with Crippen LogP contribution in [0.15, 0.2) is 18.2 Å². The molecule has 1 aliphatic rings. The third kappa shape index (κ3) is 3.48. The molecule has 0 saturated carbocycles. The molecule has 6 heteroatoms. The topological polar surface area (TPSA) is 55.6 Å². The minimum atomic E-state index is -0.769. The minimum absolute atomic E-state index is 0.310. The van der Waals surface area contributed by atoms with Crippen molar-refractivity contribution in [2.75, 3.05) is 20.2 Å². The van der Waals surface area contributed by atoms with E-state index in [1.54, 1.807) is 13.2 Å². The molecule has 0 amide bonds. The van der Waals surface area contributed by atoms with E-state index in [2.05, 4.69) is 4.90 Å². The summed E-state index contributed by atoms with van der Waals surface area (Å²) in [5.74, 6) is -0.769. The van der Waals surface area contributed by atoms with Gasteiger partial charge in [-0.05, 0) is 24.5 Å². The second kappa shape index (κ2) is 6.08. The summed E-state index contributed by atoms with van der Waals surface area (Å²) < 4.78 is 18.8. The van der Waals surface area contributed by atoms with Crippen molar-refractivity contribution in [3.8, 4) is 0 Å². The number of nitrogens with zero attached hydrogens (tertiary/aromatic N) is 2. The van der Waals surface area contributed by atoms with E-state index in [9.17, 15) is 14.5 Å². The van der Waals surface area contributed by atoms with Gasteiger partial charge in [0.15, 0.2) is 0 Å². The summed E-state index contributed by atoms with van der Waals surface area (Å²) in [5.41, 5.74) is 0.292. The smallest absolute Gasteiger partial charge is 0.304 e. The van der Waals surface area contributed by atoms with Crippen LogP contribution >= 0.6 is 0 Å². The molecule has 0 radical (unpaired) electrons. The van der Waals surface area contributed by atoms with E-state index in [-0.39, 0.29) is 0 Å². The predicted molar refractivity (Wildman–Crippen MR) is 68.4 cm³/mol. The molecule has 0 bridgehead atoms. The second-order valence-electron chi connectivity index (χ2n) is 4.75. The summed E-state index contributed by atoms with van der Waals surface area (Å²) in [6.45, 7) is 2.42. The maximum Gasteiger partial charge on any atom is 0.304 e. The molecule has 0 N–H and O–H groups in total. The lowest BCUT2D eigenvalue weighted by Gasteiger charge is -2.31. The quantitative estimate of drug-likeness (QED) is 0.621. The molecule has 1 fully saturated rings. The third-order valence-electron chi connectivity index (χ3n) is 3.48. The second-order valence-corrected chi connectivity index (χ2v) is 4.75. The molecule has 19 heavy (non-hydrogen) atoms. The van der Waals surface area contributed by atoms with Gasteiger partial charge in [-0.1, -0.05) is 6.07 Å². The Morgan fingerprint density at radius 2 is 2.16 bits per heavy atom. The van der Waals surface area contributed by atoms with Gasteiger partial charge in [-0.2, -0.15) is 4.39 Å². The Bertz CT molecular complexity index is 459. The molecule has 0 unspecified atom stereocenters. The van der Waals surface area contributed by atoms with Gasteiger partial charge in [0.2, 0.25) is 5.82 Å². The molecule has 1 aromatic carbocycles. The molecule has 5 nitrogen and oxygen atoms in total. The molecule has 2 rings (SSSR count). The molecule has 0 spiro atoms. The third-order valence-corrected chi connectivity index (χ3v) is 3.48. The normalized spacial score (nSPS) is 17.6. The Balaban J connectivity index is 1.97. The van der Waals surface area contributed by atoms with Crippen molar-refractivity contribution in [3.63, 3.8) is 0 Å². The van der Waals surface area contributed by atoms with Gasteiger partial charge in [0.25, 0.3) is 0 Å². The minimum Gasteiger partial charge on any atom is -0.381 e. The Kier molecular flexibility index (Phi) is 4.44. The maximum absolute atomic E-state index is 13.5. The number of nitro benzene ring substituents is 1. The average Bonchev–Trinajstić information content (AvgIpc) is 2.39. The first-order valence-electron chi connectivity index (χ1n) is 6.28. The van der Waals surface area contributed by atoms with Gasteiger partial charge in [-0.3, -0.25) is 15.0 Å². The van der Waals surface area contributed by atoms with E-state index in [0.29, 0.717) is 12.6 Å². The van der Waals surface area contributed by atoms with Crippen LogP contribution in [-0.2, 0) is 11.3 Å². The van der Waals surface area contributed by atoms with Crippen LogP contribution in [0, 0.1) is 15.9 Å². The molecule has 104 valence electrons. The van der Waals surface area contributed by atoms with Crippen LogP contribution in [0.1, 0.15) is 18.4 Å². The molecule has 1 saturated heterocycles. The average molecular weight is 268 g/mol. The van der Waals surface area contributed by atoms with E-state index in [1.165, 1.54) is 12.1 Å². The van der Waals surface area contributed by atoms with Crippen LogP contribution in [0.5, 0.6) is 0 Å².